The highest BCUT2D eigenvalue weighted by atomic mass is 32.1. The van der Waals surface area contributed by atoms with Gasteiger partial charge in [0.2, 0.25) is 0 Å². The average Bonchev–Trinajstić information content (AvgIpc) is 3.81. The molecule has 8 aromatic carbocycles. The molecule has 56 heavy (non-hydrogen) atoms. The van der Waals surface area contributed by atoms with Crippen LogP contribution in [0.3, 0.4) is 0 Å². The lowest BCUT2D eigenvalue weighted by molar-refractivity contribution is 0.769. The van der Waals surface area contributed by atoms with Gasteiger partial charge in [-0.1, -0.05) is 188 Å². The zero-order valence-electron chi connectivity index (χ0n) is 30.3. The summed E-state index contributed by atoms with van der Waals surface area (Å²) in [5, 5.41) is 2.61. The Morgan fingerprint density at radius 3 is 1.43 bits per heavy atom. The van der Waals surface area contributed by atoms with Crippen molar-refractivity contribution in [3.05, 3.63) is 222 Å². The fourth-order valence-corrected chi connectivity index (χ4v) is 10.0. The molecule has 0 atom stereocenters. The Balaban J connectivity index is 1.16. The number of benzene rings is 8. The van der Waals surface area contributed by atoms with Gasteiger partial charge in [0.05, 0.1) is 5.41 Å². The third kappa shape index (κ3) is 5.00. The van der Waals surface area contributed by atoms with Gasteiger partial charge in [0.1, 0.15) is 0 Å². The maximum Gasteiger partial charge on any atom is 0.164 e. The van der Waals surface area contributed by atoms with Gasteiger partial charge < -0.3 is 0 Å². The highest BCUT2D eigenvalue weighted by Crippen LogP contribution is 2.60. The summed E-state index contributed by atoms with van der Waals surface area (Å²) >= 11 is 1.88. The van der Waals surface area contributed by atoms with Crippen LogP contribution in [-0.4, -0.2) is 15.0 Å². The lowest BCUT2D eigenvalue weighted by Crippen LogP contribution is -2.28. The van der Waals surface area contributed by atoms with E-state index in [4.69, 9.17) is 15.0 Å². The Labute approximate surface area is 329 Å². The van der Waals surface area contributed by atoms with Crippen molar-refractivity contribution in [1.29, 1.82) is 0 Å². The molecule has 10 aromatic rings. The predicted octanol–water partition coefficient (Wildman–Crippen LogP) is 13.3. The van der Waals surface area contributed by atoms with Gasteiger partial charge in [-0.05, 0) is 56.6 Å². The lowest BCUT2D eigenvalue weighted by Gasteiger charge is -2.34. The standard InChI is InChI=1S/C52H33N3S/c1-5-17-35(18-6-1)49-53-50(36-19-7-2-8-20-36)55-51(54-49)37-31-29-34(30-32-37)42-33-44-46(47-41-26-14-16-28-45(41)56-48(42)47)40-25-13-15-27-43(40)52(44,38-21-9-3-10-22-38)39-23-11-4-12-24-39/h1-33H. The normalized spacial score (nSPS) is 12.8. The minimum Gasteiger partial charge on any atom is -0.208 e. The zero-order chi connectivity index (χ0) is 37.1. The van der Waals surface area contributed by atoms with E-state index >= 15 is 0 Å². The van der Waals surface area contributed by atoms with Crippen molar-refractivity contribution < 1.29 is 0 Å². The van der Waals surface area contributed by atoms with Crippen LogP contribution in [0.1, 0.15) is 22.3 Å². The molecule has 0 N–H and O–H groups in total. The van der Waals surface area contributed by atoms with Gasteiger partial charge in [-0.3, -0.25) is 0 Å². The highest BCUT2D eigenvalue weighted by molar-refractivity contribution is 7.26. The Morgan fingerprint density at radius 1 is 0.375 bits per heavy atom. The van der Waals surface area contributed by atoms with Crippen LogP contribution in [0, 0.1) is 0 Å². The zero-order valence-corrected chi connectivity index (χ0v) is 31.1. The molecular formula is C52H33N3S. The van der Waals surface area contributed by atoms with E-state index in [-0.39, 0.29) is 0 Å². The van der Waals surface area contributed by atoms with Crippen LogP contribution >= 0.6 is 11.3 Å². The Morgan fingerprint density at radius 2 is 0.839 bits per heavy atom. The molecule has 0 aliphatic heterocycles. The Kier molecular flexibility index (Phi) is 7.58. The molecule has 1 aliphatic rings. The third-order valence-electron chi connectivity index (χ3n) is 11.2. The number of aromatic nitrogens is 3. The van der Waals surface area contributed by atoms with Crippen molar-refractivity contribution in [3.63, 3.8) is 0 Å². The summed E-state index contributed by atoms with van der Waals surface area (Å²) in [5.74, 6) is 1.96. The fraction of sp³-hybridized carbons (Fsp3) is 0.0192. The third-order valence-corrected chi connectivity index (χ3v) is 12.4. The van der Waals surface area contributed by atoms with Crippen LogP contribution in [0.5, 0.6) is 0 Å². The maximum absolute atomic E-state index is 5.02. The summed E-state index contributed by atoms with van der Waals surface area (Å²) in [6.45, 7) is 0. The van der Waals surface area contributed by atoms with Gasteiger partial charge in [-0.15, -0.1) is 11.3 Å². The van der Waals surface area contributed by atoms with Gasteiger partial charge in [0, 0.05) is 36.9 Å². The molecule has 0 saturated carbocycles. The molecule has 4 heteroatoms. The van der Waals surface area contributed by atoms with E-state index in [1.165, 1.54) is 59.1 Å². The molecule has 3 nitrogen and oxygen atoms in total. The first-order chi connectivity index (χ1) is 27.8. The quantitative estimate of drug-likeness (QED) is 0.171. The SMILES string of the molecule is c1ccc(-c2nc(-c3ccccc3)nc(-c3ccc(-c4cc5c(c6c4sc4ccccc46)-c4ccccc4C5(c4ccccc4)c4ccccc4)cc3)n2)cc1. The van der Waals surface area contributed by atoms with Crippen molar-refractivity contribution >= 4 is 31.5 Å². The molecule has 262 valence electrons. The molecule has 0 amide bonds. The molecule has 2 heterocycles. The summed E-state index contributed by atoms with van der Waals surface area (Å²) in [5.41, 5.74) is 12.5. The van der Waals surface area contributed by atoms with E-state index in [0.717, 1.165) is 22.3 Å². The van der Waals surface area contributed by atoms with Crippen LogP contribution < -0.4 is 0 Å². The second-order valence-electron chi connectivity index (χ2n) is 14.3. The van der Waals surface area contributed by atoms with Gasteiger partial charge in [0.25, 0.3) is 0 Å². The number of fused-ring (bicyclic) bond motifs is 7. The van der Waals surface area contributed by atoms with Gasteiger partial charge in [-0.25, -0.2) is 15.0 Å². The number of thiophene rings is 1. The molecular weight excluding hydrogens is 699 g/mol. The van der Waals surface area contributed by atoms with Gasteiger partial charge in [0.15, 0.2) is 17.5 Å². The van der Waals surface area contributed by atoms with E-state index in [0.29, 0.717) is 17.5 Å². The molecule has 2 aromatic heterocycles. The van der Waals surface area contributed by atoms with Gasteiger partial charge in [-0.2, -0.15) is 0 Å². The molecule has 0 radical (unpaired) electrons. The molecule has 0 fully saturated rings. The van der Waals surface area contributed by atoms with Crippen LogP contribution in [0.15, 0.2) is 200 Å². The lowest BCUT2D eigenvalue weighted by atomic mass is 9.67. The first kappa shape index (κ1) is 32.4. The van der Waals surface area contributed by atoms with E-state index < -0.39 is 5.41 Å². The average molecular weight is 732 g/mol. The molecule has 0 spiro atoms. The summed E-state index contributed by atoms with van der Waals surface area (Å²) in [6, 6.07) is 71.6. The molecule has 0 bridgehead atoms. The summed E-state index contributed by atoms with van der Waals surface area (Å²) in [7, 11) is 0. The van der Waals surface area contributed by atoms with E-state index in [1.807, 2.05) is 72.0 Å². The van der Waals surface area contributed by atoms with Crippen molar-refractivity contribution in [2.24, 2.45) is 0 Å². The van der Waals surface area contributed by atoms with Crippen LogP contribution in [-0.2, 0) is 5.41 Å². The topological polar surface area (TPSA) is 38.7 Å². The maximum atomic E-state index is 5.02. The molecule has 1 aliphatic carbocycles. The fourth-order valence-electron chi connectivity index (χ4n) is 8.76. The van der Waals surface area contributed by atoms with Gasteiger partial charge >= 0.3 is 0 Å². The van der Waals surface area contributed by atoms with Crippen LogP contribution in [0.2, 0.25) is 0 Å². The van der Waals surface area contributed by atoms with Crippen molar-refractivity contribution in [2.45, 2.75) is 5.41 Å². The van der Waals surface area contributed by atoms with E-state index in [1.54, 1.807) is 0 Å². The number of hydrogen-bond donors (Lipinski definition) is 0. The van der Waals surface area contributed by atoms with Crippen molar-refractivity contribution in [3.8, 4) is 56.4 Å². The summed E-state index contributed by atoms with van der Waals surface area (Å²) in [6.07, 6.45) is 0. The minimum atomic E-state index is -0.507. The molecule has 0 saturated heterocycles. The van der Waals surface area contributed by atoms with Crippen molar-refractivity contribution in [1.82, 2.24) is 15.0 Å². The monoisotopic (exact) mass is 731 g/mol. The Hall–Kier alpha value is -7.01. The largest absolute Gasteiger partial charge is 0.208 e. The first-order valence-corrected chi connectivity index (χ1v) is 19.8. The van der Waals surface area contributed by atoms with Crippen LogP contribution in [0.25, 0.3) is 76.6 Å². The number of hydrogen-bond acceptors (Lipinski definition) is 4. The second kappa shape index (κ2) is 13.1. The van der Waals surface area contributed by atoms with E-state index in [9.17, 15) is 0 Å². The molecule has 11 rings (SSSR count). The Bertz CT molecular complexity index is 2950. The van der Waals surface area contributed by atoms with Crippen molar-refractivity contribution in [2.75, 3.05) is 0 Å². The summed E-state index contributed by atoms with van der Waals surface area (Å²) in [4.78, 5) is 14.9. The predicted molar refractivity (Wildman–Crippen MR) is 232 cm³/mol. The van der Waals surface area contributed by atoms with E-state index in [2.05, 4.69) is 140 Å². The molecule has 0 unspecified atom stereocenters. The smallest absolute Gasteiger partial charge is 0.164 e. The number of rotatable bonds is 6. The highest BCUT2D eigenvalue weighted by Gasteiger charge is 2.47. The minimum absolute atomic E-state index is 0.507. The first-order valence-electron chi connectivity index (χ1n) is 18.9. The summed E-state index contributed by atoms with van der Waals surface area (Å²) < 4.78 is 2.58. The second-order valence-corrected chi connectivity index (χ2v) is 15.3. The number of nitrogens with zero attached hydrogens (tertiary/aromatic N) is 3. The van der Waals surface area contributed by atoms with Crippen LogP contribution in [0.4, 0.5) is 0 Å².